The largest absolute Gasteiger partial charge is 0.497 e. The van der Waals surface area contributed by atoms with Gasteiger partial charge in [0.05, 0.1) is 30.4 Å². The maximum atomic E-state index is 12.5. The van der Waals surface area contributed by atoms with Crippen LogP contribution in [0.3, 0.4) is 0 Å². The van der Waals surface area contributed by atoms with Crippen molar-refractivity contribution < 1.29 is 41.0 Å². The van der Waals surface area contributed by atoms with Crippen LogP contribution in [0.4, 0.5) is 14.5 Å². The van der Waals surface area contributed by atoms with Crippen molar-refractivity contribution in [2.75, 3.05) is 26.1 Å². The van der Waals surface area contributed by atoms with Crippen LogP contribution in [0.1, 0.15) is 10.4 Å². The number of anilines is 1. The smallest absolute Gasteiger partial charge is 0.341 e. The number of amides is 1. The van der Waals surface area contributed by atoms with Crippen molar-refractivity contribution in [1.29, 1.82) is 0 Å². The summed E-state index contributed by atoms with van der Waals surface area (Å²) in [4.78, 5) is 23.3. The number of ether oxygens (including phenoxy) is 3. The van der Waals surface area contributed by atoms with Gasteiger partial charge in [0.15, 0.2) is 6.61 Å². The molecule has 0 spiro atoms. The minimum atomic E-state index is -4.76. The second-order valence-corrected chi connectivity index (χ2v) is 7.44. The Morgan fingerprint density at radius 1 is 1.03 bits per heavy atom. The van der Waals surface area contributed by atoms with Gasteiger partial charge in [0, 0.05) is 6.07 Å². The van der Waals surface area contributed by atoms with Crippen molar-refractivity contribution in [2.45, 2.75) is 10.7 Å². The van der Waals surface area contributed by atoms with Gasteiger partial charge in [0.2, 0.25) is 9.84 Å². The van der Waals surface area contributed by atoms with E-state index in [1.807, 2.05) is 0 Å². The first-order chi connectivity index (χ1) is 13.7. The van der Waals surface area contributed by atoms with Crippen LogP contribution < -0.4 is 14.8 Å². The van der Waals surface area contributed by atoms with Crippen molar-refractivity contribution >= 4 is 27.4 Å². The average Bonchev–Trinajstić information content (AvgIpc) is 2.72. The van der Waals surface area contributed by atoms with Gasteiger partial charge in [0.1, 0.15) is 11.5 Å². The Morgan fingerprint density at radius 3 is 2.24 bits per heavy atom. The van der Waals surface area contributed by atoms with E-state index in [4.69, 9.17) is 14.2 Å². The molecule has 0 saturated carbocycles. The molecular weight excluding hydrogens is 412 g/mol. The monoisotopic (exact) mass is 429 g/mol. The van der Waals surface area contributed by atoms with Gasteiger partial charge in [0.25, 0.3) is 5.91 Å². The van der Waals surface area contributed by atoms with E-state index in [0.29, 0.717) is 17.2 Å². The Morgan fingerprint density at radius 2 is 1.69 bits per heavy atom. The van der Waals surface area contributed by atoms with Crippen molar-refractivity contribution in [2.24, 2.45) is 0 Å². The Bertz CT molecular complexity index is 992. The molecule has 11 heteroatoms. The number of halogens is 2. The molecule has 0 fully saturated rings. The SMILES string of the molecule is COc1ccc(NC(=O)COC(=O)c2ccc(S(=O)(=O)C(F)F)cc2)c(OC)c1. The Balaban J connectivity index is 1.98. The number of carbonyl (C=O) groups is 2. The number of benzene rings is 2. The zero-order valence-corrected chi connectivity index (χ0v) is 16.2. The molecule has 2 aromatic carbocycles. The van der Waals surface area contributed by atoms with Gasteiger partial charge in [-0.3, -0.25) is 4.79 Å². The summed E-state index contributed by atoms with van der Waals surface area (Å²) in [5.41, 5.74) is 0.226. The van der Waals surface area contributed by atoms with E-state index in [2.05, 4.69) is 5.32 Å². The molecule has 1 amide bonds. The molecule has 0 bridgehead atoms. The van der Waals surface area contributed by atoms with Crippen molar-refractivity contribution in [3.8, 4) is 11.5 Å². The molecule has 0 aliphatic rings. The number of rotatable bonds is 8. The van der Waals surface area contributed by atoms with Crippen LogP contribution in [0.2, 0.25) is 0 Å². The lowest BCUT2D eigenvalue weighted by atomic mass is 10.2. The lowest BCUT2D eigenvalue weighted by Gasteiger charge is -2.12. The highest BCUT2D eigenvalue weighted by molar-refractivity contribution is 7.91. The van der Waals surface area contributed by atoms with E-state index >= 15 is 0 Å². The highest BCUT2D eigenvalue weighted by atomic mass is 32.2. The fourth-order valence-corrected chi connectivity index (χ4v) is 2.91. The highest BCUT2D eigenvalue weighted by Gasteiger charge is 2.26. The maximum absolute atomic E-state index is 12.5. The highest BCUT2D eigenvalue weighted by Crippen LogP contribution is 2.29. The molecule has 0 unspecified atom stereocenters. The predicted molar refractivity (Wildman–Crippen MR) is 98.1 cm³/mol. The molecule has 0 saturated heterocycles. The zero-order valence-electron chi connectivity index (χ0n) is 15.3. The van der Waals surface area contributed by atoms with E-state index in [1.54, 1.807) is 18.2 Å². The molecule has 2 aromatic rings. The van der Waals surface area contributed by atoms with E-state index in [0.717, 1.165) is 24.3 Å². The third-order valence-electron chi connectivity index (χ3n) is 3.67. The maximum Gasteiger partial charge on any atom is 0.341 e. The summed E-state index contributed by atoms with van der Waals surface area (Å²) in [6, 6.07) is 8.44. The summed E-state index contributed by atoms with van der Waals surface area (Å²) in [5.74, 6) is -4.30. The first-order valence-electron chi connectivity index (χ1n) is 8.00. The fourth-order valence-electron chi connectivity index (χ4n) is 2.19. The molecule has 0 aliphatic heterocycles. The summed E-state index contributed by atoms with van der Waals surface area (Å²) >= 11 is 0. The number of methoxy groups -OCH3 is 2. The minimum Gasteiger partial charge on any atom is -0.497 e. The second-order valence-electron chi connectivity index (χ2n) is 5.52. The van der Waals surface area contributed by atoms with Gasteiger partial charge in [-0.15, -0.1) is 0 Å². The van der Waals surface area contributed by atoms with Crippen molar-refractivity contribution in [1.82, 2.24) is 0 Å². The molecular formula is C18H17F2NO7S. The number of hydrogen-bond acceptors (Lipinski definition) is 7. The Kier molecular flexibility index (Phi) is 7.10. The van der Waals surface area contributed by atoms with E-state index in [-0.39, 0.29) is 5.56 Å². The second kappa shape index (κ2) is 9.32. The summed E-state index contributed by atoms with van der Waals surface area (Å²) < 4.78 is 62.7. The molecule has 0 heterocycles. The normalized spacial score (nSPS) is 11.1. The van der Waals surface area contributed by atoms with Crippen molar-refractivity contribution in [3.05, 3.63) is 48.0 Å². The predicted octanol–water partition coefficient (Wildman–Crippen LogP) is 2.50. The Labute approximate surface area is 165 Å². The summed E-state index contributed by atoms with van der Waals surface area (Å²) in [5, 5.41) is 2.50. The van der Waals surface area contributed by atoms with Gasteiger partial charge >= 0.3 is 11.7 Å². The molecule has 2 rings (SSSR count). The molecule has 8 nitrogen and oxygen atoms in total. The standard InChI is InChI=1S/C18H17F2NO7S/c1-26-12-5-8-14(15(9-12)27-2)21-16(22)10-28-17(23)11-3-6-13(7-4-11)29(24,25)18(19)20/h3-9,18H,10H2,1-2H3,(H,21,22). The van der Waals surface area contributed by atoms with Crippen LogP contribution in [0.25, 0.3) is 0 Å². The van der Waals surface area contributed by atoms with Gasteiger partial charge < -0.3 is 19.5 Å². The molecule has 1 N–H and O–H groups in total. The van der Waals surface area contributed by atoms with Gasteiger partial charge in [-0.2, -0.15) is 8.78 Å². The number of carbonyl (C=O) groups excluding carboxylic acids is 2. The number of nitrogens with one attached hydrogen (secondary N) is 1. The number of hydrogen-bond donors (Lipinski definition) is 1. The van der Waals surface area contributed by atoms with E-state index in [1.165, 1.54) is 14.2 Å². The molecule has 29 heavy (non-hydrogen) atoms. The van der Waals surface area contributed by atoms with Gasteiger partial charge in [-0.05, 0) is 36.4 Å². The molecule has 0 radical (unpaired) electrons. The third-order valence-corrected chi connectivity index (χ3v) is 5.07. The quantitative estimate of drug-likeness (QED) is 0.643. The van der Waals surface area contributed by atoms with Gasteiger partial charge in [-0.1, -0.05) is 0 Å². The Hall–Kier alpha value is -3.21. The molecule has 156 valence electrons. The van der Waals surface area contributed by atoms with Crippen molar-refractivity contribution in [3.63, 3.8) is 0 Å². The zero-order chi connectivity index (χ0) is 21.6. The first-order valence-corrected chi connectivity index (χ1v) is 9.54. The van der Waals surface area contributed by atoms with E-state index in [9.17, 15) is 26.8 Å². The topological polar surface area (TPSA) is 108 Å². The molecule has 0 aromatic heterocycles. The minimum absolute atomic E-state index is 0.104. The average molecular weight is 429 g/mol. The lowest BCUT2D eigenvalue weighted by Crippen LogP contribution is -2.21. The summed E-state index contributed by atoms with van der Waals surface area (Å²) in [6.07, 6.45) is 0. The number of alkyl halides is 2. The first kappa shape index (κ1) is 22.1. The summed E-state index contributed by atoms with van der Waals surface area (Å²) in [7, 11) is -1.88. The number of sulfone groups is 1. The third kappa shape index (κ3) is 5.41. The van der Waals surface area contributed by atoms with Crippen LogP contribution in [-0.4, -0.2) is 46.9 Å². The lowest BCUT2D eigenvalue weighted by molar-refractivity contribution is -0.119. The molecule has 0 aliphatic carbocycles. The van der Waals surface area contributed by atoms with Crippen LogP contribution in [0, 0.1) is 0 Å². The van der Waals surface area contributed by atoms with E-state index < -0.39 is 39.0 Å². The fraction of sp³-hybridized carbons (Fsp3) is 0.222. The van der Waals surface area contributed by atoms with Crippen LogP contribution >= 0.6 is 0 Å². The number of esters is 1. The molecule has 0 atom stereocenters. The van der Waals surface area contributed by atoms with Crippen LogP contribution in [-0.2, 0) is 19.4 Å². The van der Waals surface area contributed by atoms with Crippen LogP contribution in [0.5, 0.6) is 11.5 Å². The van der Waals surface area contributed by atoms with Gasteiger partial charge in [-0.25, -0.2) is 13.2 Å². The summed E-state index contributed by atoms with van der Waals surface area (Å²) in [6.45, 7) is -0.634. The van der Waals surface area contributed by atoms with Crippen LogP contribution in [0.15, 0.2) is 47.4 Å².